The van der Waals surface area contributed by atoms with Crippen LogP contribution in [0.2, 0.25) is 5.02 Å². The normalized spacial score (nSPS) is 23.2. The average molecular weight is 296 g/mol. The van der Waals surface area contributed by atoms with E-state index in [0.717, 1.165) is 55.2 Å². The number of benzene rings is 1. The molecule has 0 spiro atoms. The van der Waals surface area contributed by atoms with Crippen molar-refractivity contribution < 1.29 is 9.47 Å². The van der Waals surface area contributed by atoms with E-state index in [0.29, 0.717) is 6.10 Å². The third-order valence-electron chi connectivity index (χ3n) is 4.25. The van der Waals surface area contributed by atoms with E-state index >= 15 is 0 Å². The smallest absolute Gasteiger partial charge is 0.127 e. The first-order valence-electron chi connectivity index (χ1n) is 7.56. The minimum atomic E-state index is -0.0222. The molecule has 2 unspecified atom stereocenters. The van der Waals surface area contributed by atoms with Crippen molar-refractivity contribution in [2.75, 3.05) is 13.2 Å². The van der Waals surface area contributed by atoms with Gasteiger partial charge in [0, 0.05) is 29.7 Å². The van der Waals surface area contributed by atoms with E-state index in [2.05, 4.69) is 0 Å². The first-order chi connectivity index (χ1) is 9.74. The number of hydrogen-bond donors (Lipinski definition) is 1. The van der Waals surface area contributed by atoms with Crippen LogP contribution in [-0.4, -0.2) is 19.3 Å². The Balaban J connectivity index is 1.66. The molecule has 20 heavy (non-hydrogen) atoms. The lowest BCUT2D eigenvalue weighted by Crippen LogP contribution is -2.21. The third-order valence-corrected chi connectivity index (χ3v) is 4.47. The van der Waals surface area contributed by atoms with Crippen LogP contribution in [-0.2, 0) is 11.2 Å². The molecule has 1 aromatic carbocycles. The summed E-state index contributed by atoms with van der Waals surface area (Å²) < 4.78 is 11.5. The zero-order valence-electron chi connectivity index (χ0n) is 11.7. The van der Waals surface area contributed by atoms with Crippen molar-refractivity contribution in [3.63, 3.8) is 0 Å². The molecule has 1 aromatic rings. The maximum absolute atomic E-state index is 6.36. The highest BCUT2D eigenvalue weighted by atomic mass is 35.5. The zero-order chi connectivity index (χ0) is 13.9. The maximum Gasteiger partial charge on any atom is 0.127 e. The number of ether oxygens (including phenoxy) is 2. The molecule has 0 radical (unpaired) electrons. The summed E-state index contributed by atoms with van der Waals surface area (Å²) in [4.78, 5) is 0. The lowest BCUT2D eigenvalue weighted by Gasteiger charge is -2.24. The van der Waals surface area contributed by atoms with Crippen LogP contribution < -0.4 is 10.5 Å². The summed E-state index contributed by atoms with van der Waals surface area (Å²) >= 11 is 6.19. The van der Waals surface area contributed by atoms with Gasteiger partial charge in [0.05, 0.1) is 12.7 Å². The minimum absolute atomic E-state index is 0.0222. The highest BCUT2D eigenvalue weighted by molar-refractivity contribution is 6.30. The third kappa shape index (κ3) is 3.11. The fourth-order valence-electron chi connectivity index (χ4n) is 3.13. The van der Waals surface area contributed by atoms with Crippen molar-refractivity contribution in [2.45, 2.75) is 50.7 Å². The Kier molecular flexibility index (Phi) is 4.49. The largest absolute Gasteiger partial charge is 0.493 e. The molecule has 0 aliphatic carbocycles. The van der Waals surface area contributed by atoms with Gasteiger partial charge in [-0.1, -0.05) is 11.6 Å². The molecule has 0 aromatic heterocycles. The van der Waals surface area contributed by atoms with Crippen LogP contribution in [0.1, 0.15) is 49.3 Å². The van der Waals surface area contributed by atoms with E-state index in [1.807, 2.05) is 12.1 Å². The van der Waals surface area contributed by atoms with Gasteiger partial charge < -0.3 is 15.2 Å². The molecule has 0 saturated carbocycles. The molecule has 1 saturated heterocycles. The SMILES string of the molecule is NC(CCC1CCCCO1)c1cc(Cl)cc2c1OCC2. The summed E-state index contributed by atoms with van der Waals surface area (Å²) in [5.74, 6) is 0.964. The number of halogens is 1. The lowest BCUT2D eigenvalue weighted by atomic mass is 9.96. The Hall–Kier alpha value is -0.770. The molecule has 1 fully saturated rings. The van der Waals surface area contributed by atoms with E-state index < -0.39 is 0 Å². The van der Waals surface area contributed by atoms with Crippen molar-refractivity contribution in [2.24, 2.45) is 5.73 Å². The second kappa shape index (κ2) is 6.33. The van der Waals surface area contributed by atoms with Gasteiger partial charge in [0.15, 0.2) is 0 Å². The molecule has 2 heterocycles. The van der Waals surface area contributed by atoms with Gasteiger partial charge in [-0.25, -0.2) is 0 Å². The van der Waals surface area contributed by atoms with Gasteiger partial charge in [0.1, 0.15) is 5.75 Å². The number of fused-ring (bicyclic) bond motifs is 1. The van der Waals surface area contributed by atoms with Crippen molar-refractivity contribution in [3.05, 3.63) is 28.3 Å². The minimum Gasteiger partial charge on any atom is -0.493 e. The van der Waals surface area contributed by atoms with Crippen LogP contribution in [0.3, 0.4) is 0 Å². The molecular formula is C16H22ClNO2. The summed E-state index contributed by atoms with van der Waals surface area (Å²) in [6.45, 7) is 1.64. The zero-order valence-corrected chi connectivity index (χ0v) is 12.5. The average Bonchev–Trinajstić information content (AvgIpc) is 2.93. The first-order valence-corrected chi connectivity index (χ1v) is 7.94. The standard InChI is InChI=1S/C16H22ClNO2/c17-12-9-11-6-8-20-16(11)14(10-12)15(18)5-4-13-3-1-2-7-19-13/h9-10,13,15H,1-8,18H2. The molecule has 0 bridgehead atoms. The second-order valence-electron chi connectivity index (χ2n) is 5.75. The summed E-state index contributed by atoms with van der Waals surface area (Å²) in [5, 5.41) is 0.758. The molecule has 2 aliphatic rings. The van der Waals surface area contributed by atoms with E-state index in [1.165, 1.54) is 18.4 Å². The molecule has 4 heteroatoms. The van der Waals surface area contributed by atoms with Gasteiger partial charge in [-0.2, -0.15) is 0 Å². The van der Waals surface area contributed by atoms with Crippen molar-refractivity contribution in [1.82, 2.24) is 0 Å². The molecule has 110 valence electrons. The van der Waals surface area contributed by atoms with E-state index in [9.17, 15) is 0 Å². The quantitative estimate of drug-likeness (QED) is 0.922. The van der Waals surface area contributed by atoms with Gasteiger partial charge in [0.2, 0.25) is 0 Å². The Labute approximate surface area is 125 Å². The Morgan fingerprint density at radius 2 is 2.20 bits per heavy atom. The molecule has 2 atom stereocenters. The molecule has 2 N–H and O–H groups in total. The summed E-state index contributed by atoms with van der Waals surface area (Å²) in [5.41, 5.74) is 8.61. The molecule has 3 rings (SSSR count). The van der Waals surface area contributed by atoms with Crippen LogP contribution in [0, 0.1) is 0 Å². The number of hydrogen-bond acceptors (Lipinski definition) is 3. The molecule has 0 amide bonds. The van der Waals surface area contributed by atoms with Crippen molar-refractivity contribution >= 4 is 11.6 Å². The molecular weight excluding hydrogens is 274 g/mol. The number of rotatable bonds is 4. The second-order valence-corrected chi connectivity index (χ2v) is 6.19. The summed E-state index contributed by atoms with van der Waals surface area (Å²) in [6.07, 6.45) is 6.87. The lowest BCUT2D eigenvalue weighted by molar-refractivity contribution is 0.00909. The number of nitrogens with two attached hydrogens (primary N) is 1. The fraction of sp³-hybridized carbons (Fsp3) is 0.625. The maximum atomic E-state index is 6.36. The first kappa shape index (κ1) is 14.2. The highest BCUT2D eigenvalue weighted by Crippen LogP contribution is 2.37. The van der Waals surface area contributed by atoms with Crippen LogP contribution in [0.25, 0.3) is 0 Å². The monoisotopic (exact) mass is 295 g/mol. The van der Waals surface area contributed by atoms with Crippen LogP contribution in [0.5, 0.6) is 5.75 Å². The van der Waals surface area contributed by atoms with Crippen molar-refractivity contribution in [3.8, 4) is 5.75 Å². The van der Waals surface area contributed by atoms with Gasteiger partial charge >= 0.3 is 0 Å². The van der Waals surface area contributed by atoms with E-state index in [-0.39, 0.29) is 6.04 Å². The topological polar surface area (TPSA) is 44.5 Å². The van der Waals surface area contributed by atoms with Gasteiger partial charge in [-0.3, -0.25) is 0 Å². The van der Waals surface area contributed by atoms with Crippen LogP contribution >= 0.6 is 11.6 Å². The Morgan fingerprint density at radius 1 is 1.30 bits per heavy atom. The Bertz CT molecular complexity index is 472. The predicted molar refractivity (Wildman–Crippen MR) is 80.4 cm³/mol. The molecule has 3 nitrogen and oxygen atoms in total. The van der Waals surface area contributed by atoms with Gasteiger partial charge in [-0.15, -0.1) is 0 Å². The predicted octanol–water partition coefficient (Wildman–Crippen LogP) is 3.62. The molecule has 2 aliphatic heterocycles. The van der Waals surface area contributed by atoms with Crippen LogP contribution in [0.15, 0.2) is 12.1 Å². The van der Waals surface area contributed by atoms with E-state index in [1.54, 1.807) is 0 Å². The van der Waals surface area contributed by atoms with Crippen molar-refractivity contribution in [1.29, 1.82) is 0 Å². The highest BCUT2D eigenvalue weighted by Gasteiger charge is 2.22. The Morgan fingerprint density at radius 3 is 3.00 bits per heavy atom. The summed E-state index contributed by atoms with van der Waals surface area (Å²) in [7, 11) is 0. The fourth-order valence-corrected chi connectivity index (χ4v) is 3.38. The van der Waals surface area contributed by atoms with Gasteiger partial charge in [0.25, 0.3) is 0 Å². The van der Waals surface area contributed by atoms with Crippen LogP contribution in [0.4, 0.5) is 0 Å². The van der Waals surface area contributed by atoms with Gasteiger partial charge in [-0.05, 0) is 49.8 Å². The summed E-state index contributed by atoms with van der Waals surface area (Å²) in [6, 6.07) is 3.92. The van der Waals surface area contributed by atoms with E-state index in [4.69, 9.17) is 26.8 Å².